The predicted molar refractivity (Wildman–Crippen MR) is 115 cm³/mol. The number of nitriles is 1. The number of amides is 1. The summed E-state index contributed by atoms with van der Waals surface area (Å²) >= 11 is 0. The Labute approximate surface area is 181 Å². The van der Waals surface area contributed by atoms with E-state index in [2.05, 4.69) is 16.4 Å². The smallest absolute Gasteiger partial charge is 0.338 e. The van der Waals surface area contributed by atoms with Crippen molar-refractivity contribution in [2.45, 2.75) is 65.0 Å². The minimum atomic E-state index is -1.05. The van der Waals surface area contributed by atoms with Crippen LogP contribution in [0.3, 0.4) is 0 Å². The summed E-state index contributed by atoms with van der Waals surface area (Å²) in [6, 6.07) is 6.70. The van der Waals surface area contributed by atoms with Crippen LogP contribution in [-0.2, 0) is 22.5 Å². The largest absolute Gasteiger partial charge is 0.452 e. The molecule has 0 saturated carbocycles. The Bertz CT molecular complexity index is 1100. The molecule has 8 nitrogen and oxygen atoms in total. The third kappa shape index (κ3) is 4.93. The van der Waals surface area contributed by atoms with Crippen molar-refractivity contribution in [3.63, 3.8) is 0 Å². The Morgan fingerprint density at radius 1 is 1.29 bits per heavy atom. The molecule has 1 aromatic carbocycles. The zero-order chi connectivity index (χ0) is 22.6. The first-order chi connectivity index (χ1) is 14.7. The second-order valence-electron chi connectivity index (χ2n) is 8.47. The standard InChI is InChI=1S/C23H28N4O4/c1-15(2)23(3,14-24)26-20(28)13-31-22(30)16-9-10-17-18(12-16)25-19-8-6-4-5-7-11-27(19)21(17)29/h9-10,12,15H,4-8,11,13H2,1-3H3,(H,26,28)/t23-/m1/s1. The first-order valence-corrected chi connectivity index (χ1v) is 10.7. The summed E-state index contributed by atoms with van der Waals surface area (Å²) in [7, 11) is 0. The van der Waals surface area contributed by atoms with Crippen LogP contribution in [-0.4, -0.2) is 33.6 Å². The predicted octanol–water partition coefficient (Wildman–Crippen LogP) is 2.72. The maximum Gasteiger partial charge on any atom is 0.338 e. The monoisotopic (exact) mass is 424 g/mol. The molecule has 0 fully saturated rings. The Hall–Kier alpha value is -3.21. The summed E-state index contributed by atoms with van der Waals surface area (Å²) in [6.45, 7) is 5.43. The van der Waals surface area contributed by atoms with Crippen LogP contribution in [0.15, 0.2) is 23.0 Å². The van der Waals surface area contributed by atoms with Crippen molar-refractivity contribution in [1.29, 1.82) is 5.26 Å². The first kappa shape index (κ1) is 22.5. The third-order valence-corrected chi connectivity index (χ3v) is 5.92. The van der Waals surface area contributed by atoms with E-state index in [1.165, 1.54) is 12.1 Å². The number of aryl methyl sites for hydroxylation is 1. The topological polar surface area (TPSA) is 114 Å². The molecule has 8 heteroatoms. The molecule has 1 aliphatic rings. The van der Waals surface area contributed by atoms with Crippen LogP contribution in [0.5, 0.6) is 0 Å². The average Bonchev–Trinajstić information content (AvgIpc) is 2.72. The summed E-state index contributed by atoms with van der Waals surface area (Å²) in [4.78, 5) is 42.1. The second kappa shape index (κ2) is 9.29. The molecular formula is C23H28N4O4. The van der Waals surface area contributed by atoms with E-state index >= 15 is 0 Å². The van der Waals surface area contributed by atoms with Crippen LogP contribution in [0.1, 0.15) is 62.6 Å². The molecule has 0 radical (unpaired) electrons. The van der Waals surface area contributed by atoms with Crippen LogP contribution < -0.4 is 10.9 Å². The number of esters is 1. The van der Waals surface area contributed by atoms with Gasteiger partial charge in [-0.3, -0.25) is 14.2 Å². The van der Waals surface area contributed by atoms with Gasteiger partial charge in [-0.05, 0) is 43.9 Å². The van der Waals surface area contributed by atoms with Gasteiger partial charge < -0.3 is 10.1 Å². The van der Waals surface area contributed by atoms with Gasteiger partial charge in [-0.25, -0.2) is 9.78 Å². The van der Waals surface area contributed by atoms with E-state index in [0.29, 0.717) is 17.4 Å². The van der Waals surface area contributed by atoms with E-state index in [0.717, 1.165) is 37.9 Å². The van der Waals surface area contributed by atoms with Gasteiger partial charge in [0.2, 0.25) is 0 Å². The molecule has 3 rings (SSSR count). The fourth-order valence-electron chi connectivity index (χ4n) is 3.56. The van der Waals surface area contributed by atoms with Gasteiger partial charge >= 0.3 is 5.97 Å². The second-order valence-corrected chi connectivity index (χ2v) is 8.47. The molecule has 31 heavy (non-hydrogen) atoms. The Morgan fingerprint density at radius 3 is 2.74 bits per heavy atom. The number of ether oxygens (including phenoxy) is 1. The lowest BCUT2D eigenvalue weighted by molar-refractivity contribution is -0.125. The molecule has 0 saturated heterocycles. The molecule has 1 amide bonds. The van der Waals surface area contributed by atoms with Crippen LogP contribution in [0, 0.1) is 17.2 Å². The maximum atomic E-state index is 12.9. The lowest BCUT2D eigenvalue weighted by Gasteiger charge is -2.27. The summed E-state index contributed by atoms with van der Waals surface area (Å²) in [5.41, 5.74) is -0.469. The van der Waals surface area contributed by atoms with E-state index in [4.69, 9.17) is 4.74 Å². The number of aromatic nitrogens is 2. The molecule has 0 aliphatic carbocycles. The van der Waals surface area contributed by atoms with Gasteiger partial charge in [0.05, 0.1) is 22.5 Å². The number of benzene rings is 1. The van der Waals surface area contributed by atoms with Gasteiger partial charge in [-0.2, -0.15) is 5.26 Å². The molecule has 164 valence electrons. The van der Waals surface area contributed by atoms with Crippen molar-refractivity contribution in [2.75, 3.05) is 6.61 Å². The van der Waals surface area contributed by atoms with E-state index in [-0.39, 0.29) is 17.0 Å². The van der Waals surface area contributed by atoms with E-state index in [9.17, 15) is 19.6 Å². The first-order valence-electron chi connectivity index (χ1n) is 10.7. The molecule has 1 atom stereocenters. The van der Waals surface area contributed by atoms with E-state index < -0.39 is 24.0 Å². The minimum Gasteiger partial charge on any atom is -0.452 e. The van der Waals surface area contributed by atoms with Crippen molar-refractivity contribution in [3.8, 4) is 6.07 Å². The minimum absolute atomic E-state index is 0.0920. The molecule has 1 aromatic heterocycles. The molecule has 1 N–H and O–H groups in total. The van der Waals surface area contributed by atoms with Gasteiger partial charge in [0, 0.05) is 13.0 Å². The van der Waals surface area contributed by atoms with E-state index in [1.807, 2.05) is 13.8 Å². The van der Waals surface area contributed by atoms with E-state index in [1.54, 1.807) is 17.6 Å². The summed E-state index contributed by atoms with van der Waals surface area (Å²) in [5, 5.41) is 12.4. The highest BCUT2D eigenvalue weighted by Gasteiger charge is 2.30. The highest BCUT2D eigenvalue weighted by Crippen LogP contribution is 2.17. The summed E-state index contributed by atoms with van der Waals surface area (Å²) < 4.78 is 6.86. The zero-order valence-electron chi connectivity index (χ0n) is 18.2. The molecule has 0 bridgehead atoms. The number of hydrogen-bond acceptors (Lipinski definition) is 6. The van der Waals surface area contributed by atoms with Crippen LogP contribution in [0.4, 0.5) is 0 Å². The molecule has 1 aliphatic heterocycles. The highest BCUT2D eigenvalue weighted by molar-refractivity contribution is 5.95. The normalized spacial score (nSPS) is 15.8. The number of nitrogens with zero attached hydrogens (tertiary/aromatic N) is 3. The number of carbonyl (C=O) groups is 2. The van der Waals surface area contributed by atoms with Crippen LogP contribution in [0.2, 0.25) is 0 Å². The van der Waals surface area contributed by atoms with Crippen molar-refractivity contribution in [1.82, 2.24) is 14.9 Å². The lowest BCUT2D eigenvalue weighted by Crippen LogP contribution is -2.50. The SMILES string of the molecule is CC(C)[C@@](C)(C#N)NC(=O)COC(=O)c1ccc2c(=O)n3c(nc2c1)CCCCCC3. The fraction of sp³-hybridized carbons (Fsp3) is 0.522. The van der Waals surface area contributed by atoms with Gasteiger partial charge in [-0.15, -0.1) is 0 Å². The molecule has 2 aromatic rings. The summed E-state index contributed by atoms with van der Waals surface area (Å²) in [5.74, 6) is -0.604. The van der Waals surface area contributed by atoms with Crippen molar-refractivity contribution >= 4 is 22.8 Å². The number of hydrogen-bond donors (Lipinski definition) is 1. The van der Waals surface area contributed by atoms with Crippen molar-refractivity contribution in [2.24, 2.45) is 5.92 Å². The molecule has 0 spiro atoms. The zero-order valence-corrected chi connectivity index (χ0v) is 18.2. The number of rotatable bonds is 5. The van der Waals surface area contributed by atoms with Gasteiger partial charge in [0.25, 0.3) is 11.5 Å². The fourth-order valence-corrected chi connectivity index (χ4v) is 3.56. The third-order valence-electron chi connectivity index (χ3n) is 5.92. The Balaban J connectivity index is 1.76. The Kier molecular flexibility index (Phi) is 6.74. The van der Waals surface area contributed by atoms with Gasteiger partial charge in [0.1, 0.15) is 11.4 Å². The highest BCUT2D eigenvalue weighted by atomic mass is 16.5. The quantitative estimate of drug-likeness (QED) is 0.738. The maximum absolute atomic E-state index is 12.9. The lowest BCUT2D eigenvalue weighted by atomic mass is 9.90. The van der Waals surface area contributed by atoms with Crippen LogP contribution >= 0.6 is 0 Å². The van der Waals surface area contributed by atoms with Gasteiger partial charge in [0.15, 0.2) is 6.61 Å². The summed E-state index contributed by atoms with van der Waals surface area (Å²) in [6.07, 6.45) is 4.88. The van der Waals surface area contributed by atoms with Crippen molar-refractivity contribution < 1.29 is 14.3 Å². The van der Waals surface area contributed by atoms with Crippen molar-refractivity contribution in [3.05, 3.63) is 39.9 Å². The van der Waals surface area contributed by atoms with Crippen LogP contribution in [0.25, 0.3) is 10.9 Å². The van der Waals surface area contributed by atoms with Gasteiger partial charge in [-0.1, -0.05) is 26.7 Å². The number of fused-ring (bicyclic) bond motifs is 2. The molecule has 0 unspecified atom stereocenters. The Morgan fingerprint density at radius 2 is 2.03 bits per heavy atom. The number of carbonyl (C=O) groups excluding carboxylic acids is 2. The number of nitrogens with one attached hydrogen (secondary N) is 1. The molecule has 2 heterocycles. The molecular weight excluding hydrogens is 396 g/mol. The average molecular weight is 425 g/mol.